The lowest BCUT2D eigenvalue weighted by Gasteiger charge is -2.21. The van der Waals surface area contributed by atoms with Crippen molar-refractivity contribution in [3.05, 3.63) is 30.1 Å². The van der Waals surface area contributed by atoms with Crippen LogP contribution in [0.25, 0.3) is 11.4 Å². The molecule has 2 amide bonds. The van der Waals surface area contributed by atoms with Crippen LogP contribution in [0.1, 0.15) is 45.9 Å². The lowest BCUT2D eigenvalue weighted by Crippen LogP contribution is -2.46. The molecule has 0 radical (unpaired) electrons. The van der Waals surface area contributed by atoms with Gasteiger partial charge in [-0.25, -0.2) is 0 Å². The van der Waals surface area contributed by atoms with Gasteiger partial charge in [0.1, 0.15) is 11.9 Å². The second kappa shape index (κ2) is 8.33. The standard InChI is InChI=1S/C20H27N5O2/c1-13(2)18(21-14(3)26)20(27)22-16-9-7-8-15(12-16)19-24-23-17-10-5-4-6-11-25(17)19/h7-9,12-13,18H,4-6,10-11H2,1-3H3,(H,21,26)(H,22,27)/t18-/m1/s1. The molecule has 7 heteroatoms. The molecule has 0 aliphatic carbocycles. The highest BCUT2D eigenvalue weighted by atomic mass is 16.2. The van der Waals surface area contributed by atoms with E-state index in [-0.39, 0.29) is 17.7 Å². The number of carbonyl (C=O) groups excluding carboxylic acids is 2. The Morgan fingerprint density at radius 2 is 1.96 bits per heavy atom. The molecule has 1 aromatic carbocycles. The molecular formula is C20H27N5O2. The average Bonchev–Trinajstić information content (AvgIpc) is 2.88. The first-order valence-electron chi connectivity index (χ1n) is 9.56. The van der Waals surface area contributed by atoms with Crippen molar-refractivity contribution in [3.8, 4) is 11.4 Å². The summed E-state index contributed by atoms with van der Waals surface area (Å²) >= 11 is 0. The molecule has 2 aromatic rings. The predicted octanol–water partition coefficient (Wildman–Crippen LogP) is 2.77. The highest BCUT2D eigenvalue weighted by molar-refractivity contribution is 5.97. The van der Waals surface area contributed by atoms with Gasteiger partial charge in [-0.15, -0.1) is 10.2 Å². The molecule has 7 nitrogen and oxygen atoms in total. The average molecular weight is 369 g/mol. The molecule has 0 spiro atoms. The van der Waals surface area contributed by atoms with Crippen LogP contribution < -0.4 is 10.6 Å². The van der Waals surface area contributed by atoms with E-state index in [0.29, 0.717) is 5.69 Å². The predicted molar refractivity (Wildman–Crippen MR) is 104 cm³/mol. The second-order valence-corrected chi connectivity index (χ2v) is 7.39. The van der Waals surface area contributed by atoms with Crippen LogP contribution in [0.15, 0.2) is 24.3 Å². The summed E-state index contributed by atoms with van der Waals surface area (Å²) in [5, 5.41) is 14.3. The van der Waals surface area contributed by atoms with Crippen molar-refractivity contribution in [2.24, 2.45) is 5.92 Å². The van der Waals surface area contributed by atoms with Gasteiger partial charge in [-0.2, -0.15) is 0 Å². The van der Waals surface area contributed by atoms with Gasteiger partial charge < -0.3 is 15.2 Å². The fourth-order valence-corrected chi connectivity index (χ4v) is 3.41. The zero-order valence-corrected chi connectivity index (χ0v) is 16.2. The van der Waals surface area contributed by atoms with Gasteiger partial charge in [0.25, 0.3) is 0 Å². The zero-order valence-electron chi connectivity index (χ0n) is 16.2. The zero-order chi connectivity index (χ0) is 19.4. The number of fused-ring (bicyclic) bond motifs is 1. The molecule has 0 bridgehead atoms. The highest BCUT2D eigenvalue weighted by Crippen LogP contribution is 2.25. The number of hydrogen-bond donors (Lipinski definition) is 2. The molecule has 0 saturated carbocycles. The minimum absolute atomic E-state index is 0.00986. The Hall–Kier alpha value is -2.70. The molecule has 2 N–H and O–H groups in total. The second-order valence-electron chi connectivity index (χ2n) is 7.39. The first-order chi connectivity index (χ1) is 13.0. The topological polar surface area (TPSA) is 88.9 Å². The van der Waals surface area contributed by atoms with E-state index < -0.39 is 6.04 Å². The van der Waals surface area contributed by atoms with E-state index in [4.69, 9.17) is 0 Å². The maximum atomic E-state index is 12.6. The smallest absolute Gasteiger partial charge is 0.247 e. The molecule has 2 heterocycles. The van der Waals surface area contributed by atoms with Crippen LogP contribution in [0.5, 0.6) is 0 Å². The Bertz CT molecular complexity index is 828. The van der Waals surface area contributed by atoms with E-state index in [2.05, 4.69) is 25.4 Å². The van der Waals surface area contributed by atoms with Crippen LogP contribution in [-0.2, 0) is 22.6 Å². The van der Waals surface area contributed by atoms with Gasteiger partial charge in [-0.05, 0) is 30.9 Å². The third kappa shape index (κ3) is 4.53. The number of aromatic nitrogens is 3. The molecule has 0 unspecified atom stereocenters. The Morgan fingerprint density at radius 1 is 1.15 bits per heavy atom. The van der Waals surface area contributed by atoms with Crippen molar-refractivity contribution >= 4 is 17.5 Å². The van der Waals surface area contributed by atoms with Gasteiger partial charge in [0.15, 0.2) is 5.82 Å². The third-order valence-electron chi connectivity index (χ3n) is 4.81. The number of nitrogens with one attached hydrogen (secondary N) is 2. The molecule has 27 heavy (non-hydrogen) atoms. The van der Waals surface area contributed by atoms with E-state index in [1.165, 1.54) is 13.3 Å². The van der Waals surface area contributed by atoms with E-state index in [1.807, 2.05) is 38.1 Å². The van der Waals surface area contributed by atoms with Gasteiger partial charge >= 0.3 is 0 Å². The molecule has 0 fully saturated rings. The van der Waals surface area contributed by atoms with Gasteiger partial charge in [0.05, 0.1) is 0 Å². The van der Waals surface area contributed by atoms with Gasteiger partial charge in [0.2, 0.25) is 11.8 Å². The Labute approximate surface area is 159 Å². The summed E-state index contributed by atoms with van der Waals surface area (Å²) in [5.41, 5.74) is 1.61. The van der Waals surface area contributed by atoms with Crippen molar-refractivity contribution in [2.75, 3.05) is 5.32 Å². The molecule has 1 aliphatic rings. The van der Waals surface area contributed by atoms with E-state index in [1.54, 1.807) is 0 Å². The Kier molecular flexibility index (Phi) is 5.88. The van der Waals surface area contributed by atoms with Crippen molar-refractivity contribution in [2.45, 2.75) is 59.0 Å². The fourth-order valence-electron chi connectivity index (χ4n) is 3.41. The van der Waals surface area contributed by atoms with E-state index in [9.17, 15) is 9.59 Å². The Balaban J connectivity index is 1.81. The molecular weight excluding hydrogens is 342 g/mol. The summed E-state index contributed by atoms with van der Waals surface area (Å²) in [6, 6.07) is 7.05. The fraction of sp³-hybridized carbons (Fsp3) is 0.500. The number of benzene rings is 1. The minimum Gasteiger partial charge on any atom is -0.344 e. The van der Waals surface area contributed by atoms with Crippen molar-refractivity contribution in [1.29, 1.82) is 0 Å². The molecule has 1 atom stereocenters. The number of nitrogens with zero attached hydrogens (tertiary/aromatic N) is 3. The van der Waals surface area contributed by atoms with Crippen LogP contribution in [0.3, 0.4) is 0 Å². The number of hydrogen-bond acceptors (Lipinski definition) is 4. The van der Waals surface area contributed by atoms with Gasteiger partial charge in [0, 0.05) is 31.1 Å². The summed E-state index contributed by atoms with van der Waals surface area (Å²) in [5.74, 6) is 1.42. The quantitative estimate of drug-likeness (QED) is 0.848. The number of carbonyl (C=O) groups is 2. The maximum absolute atomic E-state index is 12.6. The van der Waals surface area contributed by atoms with Gasteiger partial charge in [-0.1, -0.05) is 32.4 Å². The van der Waals surface area contributed by atoms with Crippen LogP contribution in [0.2, 0.25) is 0 Å². The maximum Gasteiger partial charge on any atom is 0.247 e. The summed E-state index contributed by atoms with van der Waals surface area (Å²) in [6.07, 6.45) is 4.43. The van der Waals surface area contributed by atoms with E-state index in [0.717, 1.165) is 43.0 Å². The first kappa shape index (κ1) is 19.1. The lowest BCUT2D eigenvalue weighted by atomic mass is 10.0. The number of aryl methyl sites for hydroxylation is 1. The van der Waals surface area contributed by atoms with E-state index >= 15 is 0 Å². The largest absolute Gasteiger partial charge is 0.344 e. The first-order valence-corrected chi connectivity index (χ1v) is 9.56. The van der Waals surface area contributed by atoms with Crippen LogP contribution in [0, 0.1) is 5.92 Å². The number of rotatable bonds is 5. The van der Waals surface area contributed by atoms with Crippen LogP contribution >= 0.6 is 0 Å². The number of amides is 2. The normalized spacial score (nSPS) is 15.0. The Morgan fingerprint density at radius 3 is 2.70 bits per heavy atom. The van der Waals surface area contributed by atoms with Crippen molar-refractivity contribution in [3.63, 3.8) is 0 Å². The summed E-state index contributed by atoms with van der Waals surface area (Å²) < 4.78 is 2.18. The van der Waals surface area contributed by atoms with Crippen LogP contribution in [0.4, 0.5) is 5.69 Å². The van der Waals surface area contributed by atoms with Crippen molar-refractivity contribution in [1.82, 2.24) is 20.1 Å². The van der Waals surface area contributed by atoms with Crippen LogP contribution in [-0.4, -0.2) is 32.6 Å². The lowest BCUT2D eigenvalue weighted by molar-refractivity contribution is -0.126. The molecule has 0 saturated heterocycles. The van der Waals surface area contributed by atoms with Gasteiger partial charge in [-0.3, -0.25) is 9.59 Å². The molecule has 3 rings (SSSR count). The summed E-state index contributed by atoms with van der Waals surface area (Å²) in [7, 11) is 0. The number of anilines is 1. The highest BCUT2D eigenvalue weighted by Gasteiger charge is 2.23. The molecule has 1 aromatic heterocycles. The molecule has 1 aliphatic heterocycles. The summed E-state index contributed by atoms with van der Waals surface area (Å²) in [6.45, 7) is 6.15. The SMILES string of the molecule is CC(=O)N[C@@H](C(=O)Nc1cccc(-c2nnc3n2CCCCC3)c1)C(C)C. The third-order valence-corrected chi connectivity index (χ3v) is 4.81. The monoisotopic (exact) mass is 369 g/mol. The minimum atomic E-state index is -0.574. The summed E-state index contributed by atoms with van der Waals surface area (Å²) in [4.78, 5) is 24.0. The van der Waals surface area contributed by atoms with Crippen molar-refractivity contribution < 1.29 is 9.59 Å². The molecule has 144 valence electrons.